The van der Waals surface area contributed by atoms with Gasteiger partial charge in [-0.05, 0) is 59.5 Å². The van der Waals surface area contributed by atoms with Crippen LogP contribution in [0.5, 0.6) is 11.5 Å². The third kappa shape index (κ3) is 5.31. The van der Waals surface area contributed by atoms with Gasteiger partial charge in [-0.1, -0.05) is 56.1 Å². The first-order valence-electron chi connectivity index (χ1n) is 9.30. The highest BCUT2D eigenvalue weighted by atomic mass is 35.5. The maximum absolute atomic E-state index is 12.8. The summed E-state index contributed by atoms with van der Waals surface area (Å²) in [5.41, 5.74) is 1.40. The van der Waals surface area contributed by atoms with Crippen molar-refractivity contribution in [2.24, 2.45) is 0 Å². The van der Waals surface area contributed by atoms with Gasteiger partial charge in [0, 0.05) is 0 Å². The van der Waals surface area contributed by atoms with Crippen LogP contribution in [0.15, 0.2) is 65.6 Å². The zero-order valence-corrected chi connectivity index (χ0v) is 19.4. The van der Waals surface area contributed by atoms with Crippen LogP contribution in [0.2, 0.25) is 10.0 Å². The molecule has 3 aromatic carbocycles. The Morgan fingerprint density at radius 1 is 0.968 bits per heavy atom. The molecule has 0 aliphatic heterocycles. The molecule has 5 nitrogen and oxygen atoms in total. The third-order valence-electron chi connectivity index (χ3n) is 4.53. The second kappa shape index (κ2) is 8.80. The van der Waals surface area contributed by atoms with Crippen LogP contribution in [0, 0.1) is 11.3 Å². The molecule has 3 aromatic rings. The van der Waals surface area contributed by atoms with Crippen LogP contribution in [0.25, 0.3) is 0 Å². The maximum Gasteiger partial charge on any atom is 0.261 e. The van der Waals surface area contributed by atoms with E-state index in [1.165, 1.54) is 24.3 Å². The molecule has 8 heteroatoms. The number of hydrogen-bond acceptors (Lipinski definition) is 4. The number of nitrogens with one attached hydrogen (secondary N) is 1. The molecular formula is C23H20Cl2N2O3S. The van der Waals surface area contributed by atoms with Crippen LogP contribution in [0.4, 0.5) is 5.69 Å². The molecule has 0 fully saturated rings. The zero-order chi connectivity index (χ0) is 22.8. The lowest BCUT2D eigenvalue weighted by Gasteiger charge is -2.20. The van der Waals surface area contributed by atoms with Crippen molar-refractivity contribution in [1.29, 1.82) is 5.26 Å². The van der Waals surface area contributed by atoms with Crippen molar-refractivity contribution in [3.8, 4) is 17.6 Å². The van der Waals surface area contributed by atoms with E-state index in [4.69, 9.17) is 27.9 Å². The van der Waals surface area contributed by atoms with Crippen LogP contribution in [-0.4, -0.2) is 8.42 Å². The second-order valence-corrected chi connectivity index (χ2v) is 10.3. The summed E-state index contributed by atoms with van der Waals surface area (Å²) < 4.78 is 33.8. The minimum atomic E-state index is -3.86. The van der Waals surface area contributed by atoms with E-state index >= 15 is 0 Å². The number of benzene rings is 3. The minimum absolute atomic E-state index is 0.0439. The molecule has 0 saturated carbocycles. The van der Waals surface area contributed by atoms with Crippen LogP contribution in [-0.2, 0) is 15.4 Å². The molecular weight excluding hydrogens is 455 g/mol. The van der Waals surface area contributed by atoms with E-state index < -0.39 is 10.0 Å². The van der Waals surface area contributed by atoms with Gasteiger partial charge in [0.2, 0.25) is 0 Å². The first-order chi connectivity index (χ1) is 14.5. The van der Waals surface area contributed by atoms with Crippen LogP contribution < -0.4 is 9.46 Å². The summed E-state index contributed by atoms with van der Waals surface area (Å²) in [7, 11) is -3.86. The van der Waals surface area contributed by atoms with Crippen molar-refractivity contribution in [3.05, 3.63) is 81.8 Å². The van der Waals surface area contributed by atoms with Gasteiger partial charge >= 0.3 is 0 Å². The van der Waals surface area contributed by atoms with E-state index in [0.717, 1.165) is 5.56 Å². The topological polar surface area (TPSA) is 79.2 Å². The summed E-state index contributed by atoms with van der Waals surface area (Å²) in [6.45, 7) is 6.15. The minimum Gasteiger partial charge on any atom is -0.456 e. The van der Waals surface area contributed by atoms with Gasteiger partial charge in [-0.2, -0.15) is 5.26 Å². The van der Waals surface area contributed by atoms with Crippen LogP contribution >= 0.6 is 23.2 Å². The summed E-state index contributed by atoms with van der Waals surface area (Å²) in [6, 6.07) is 17.9. The Hall–Kier alpha value is -2.72. The summed E-state index contributed by atoms with van der Waals surface area (Å²) >= 11 is 12.3. The number of hydrogen-bond donors (Lipinski definition) is 1. The maximum atomic E-state index is 12.8. The number of halogens is 2. The Kier molecular flexibility index (Phi) is 6.51. The molecule has 31 heavy (non-hydrogen) atoms. The Bertz CT molecular complexity index is 1260. The smallest absolute Gasteiger partial charge is 0.261 e. The van der Waals surface area contributed by atoms with Crippen molar-refractivity contribution in [2.45, 2.75) is 31.1 Å². The molecule has 0 aliphatic carbocycles. The van der Waals surface area contributed by atoms with E-state index in [-0.39, 0.29) is 26.6 Å². The van der Waals surface area contributed by atoms with Gasteiger partial charge in [-0.25, -0.2) is 8.42 Å². The molecule has 0 radical (unpaired) electrons. The summed E-state index contributed by atoms with van der Waals surface area (Å²) in [6.07, 6.45) is 0. The lowest BCUT2D eigenvalue weighted by atomic mass is 9.87. The Balaban J connectivity index is 1.81. The molecule has 0 saturated heterocycles. The van der Waals surface area contributed by atoms with Gasteiger partial charge in [0.1, 0.15) is 23.1 Å². The van der Waals surface area contributed by atoms with Crippen molar-refractivity contribution in [3.63, 3.8) is 0 Å². The molecule has 0 unspecified atom stereocenters. The van der Waals surface area contributed by atoms with Crippen molar-refractivity contribution >= 4 is 38.9 Å². The molecule has 160 valence electrons. The van der Waals surface area contributed by atoms with Gasteiger partial charge in [0.25, 0.3) is 10.0 Å². The summed E-state index contributed by atoms with van der Waals surface area (Å²) in [5.74, 6) is 0.653. The van der Waals surface area contributed by atoms with Gasteiger partial charge in [0.05, 0.1) is 20.6 Å². The SMILES string of the molecule is CC(C)(C)c1ccc(NS(=O)(=O)c2ccc(Oc3cccc(Cl)c3C#N)cc2)c(Cl)c1. The van der Waals surface area contributed by atoms with Gasteiger partial charge in [-0.15, -0.1) is 0 Å². The lowest BCUT2D eigenvalue weighted by Crippen LogP contribution is -2.14. The largest absolute Gasteiger partial charge is 0.456 e. The van der Waals surface area contributed by atoms with E-state index in [1.807, 2.05) is 12.1 Å². The number of sulfonamides is 1. The fourth-order valence-electron chi connectivity index (χ4n) is 2.78. The Morgan fingerprint density at radius 3 is 2.23 bits per heavy atom. The molecule has 0 atom stereocenters. The van der Waals surface area contributed by atoms with E-state index in [9.17, 15) is 13.7 Å². The van der Waals surface area contributed by atoms with Crippen molar-refractivity contribution < 1.29 is 13.2 Å². The monoisotopic (exact) mass is 474 g/mol. The molecule has 0 bridgehead atoms. The average molecular weight is 475 g/mol. The predicted molar refractivity (Wildman–Crippen MR) is 124 cm³/mol. The van der Waals surface area contributed by atoms with Gasteiger partial charge in [0.15, 0.2) is 0 Å². The summed E-state index contributed by atoms with van der Waals surface area (Å²) in [5, 5.41) is 9.84. The quantitative estimate of drug-likeness (QED) is 0.442. The molecule has 0 amide bonds. The van der Waals surface area contributed by atoms with Crippen molar-refractivity contribution in [1.82, 2.24) is 0 Å². The molecule has 0 aliphatic rings. The molecule has 3 rings (SSSR count). The predicted octanol–water partition coefficient (Wildman–Crippen LogP) is 6.76. The zero-order valence-electron chi connectivity index (χ0n) is 17.1. The fraction of sp³-hybridized carbons (Fsp3) is 0.174. The normalized spacial score (nSPS) is 11.6. The lowest BCUT2D eigenvalue weighted by molar-refractivity contribution is 0.480. The highest BCUT2D eigenvalue weighted by molar-refractivity contribution is 7.92. The molecule has 0 aromatic heterocycles. The van der Waals surface area contributed by atoms with Crippen LogP contribution in [0.3, 0.4) is 0 Å². The standard InChI is InChI=1S/C23H20Cl2N2O3S/c1-23(2,3)15-7-12-21(20(25)13-15)27-31(28,29)17-10-8-16(9-11-17)30-22-6-4-5-19(24)18(22)14-26/h4-13,27H,1-3H3. The molecule has 0 spiro atoms. The number of nitrogens with zero attached hydrogens (tertiary/aromatic N) is 1. The van der Waals surface area contributed by atoms with Gasteiger partial charge < -0.3 is 4.74 Å². The fourth-order valence-corrected chi connectivity index (χ4v) is 4.35. The molecule has 1 N–H and O–H groups in total. The summed E-state index contributed by atoms with van der Waals surface area (Å²) in [4.78, 5) is 0.0439. The van der Waals surface area contributed by atoms with Gasteiger partial charge in [-0.3, -0.25) is 4.72 Å². The average Bonchev–Trinajstić information content (AvgIpc) is 2.69. The third-order valence-corrected chi connectivity index (χ3v) is 6.54. The van der Waals surface area contributed by atoms with E-state index in [2.05, 4.69) is 25.5 Å². The van der Waals surface area contributed by atoms with Crippen molar-refractivity contribution in [2.75, 3.05) is 4.72 Å². The number of nitriles is 1. The highest BCUT2D eigenvalue weighted by Gasteiger charge is 2.19. The first-order valence-corrected chi connectivity index (χ1v) is 11.5. The molecule has 0 heterocycles. The number of ether oxygens (including phenoxy) is 1. The number of anilines is 1. The second-order valence-electron chi connectivity index (χ2n) is 7.85. The van der Waals surface area contributed by atoms with E-state index in [1.54, 1.807) is 30.3 Å². The van der Waals surface area contributed by atoms with E-state index in [0.29, 0.717) is 16.5 Å². The van der Waals surface area contributed by atoms with Crippen LogP contribution in [0.1, 0.15) is 31.9 Å². The Labute approximate surface area is 192 Å². The first kappa shape index (κ1) is 23.0. The number of rotatable bonds is 5. The Morgan fingerprint density at radius 2 is 1.65 bits per heavy atom. The highest BCUT2D eigenvalue weighted by Crippen LogP contribution is 2.32.